The van der Waals surface area contributed by atoms with Crippen molar-refractivity contribution in [3.05, 3.63) is 30.3 Å². The number of nitrogens with zero attached hydrogens (tertiary/aromatic N) is 2. The summed E-state index contributed by atoms with van der Waals surface area (Å²) in [6.45, 7) is 4.91. The fourth-order valence-corrected chi connectivity index (χ4v) is 5.22. The van der Waals surface area contributed by atoms with Crippen LogP contribution in [0.2, 0.25) is 0 Å². The Labute approximate surface area is 203 Å². The number of hydrogen-bond acceptors (Lipinski definition) is 5. The van der Waals surface area contributed by atoms with E-state index >= 15 is 0 Å². The van der Waals surface area contributed by atoms with Crippen LogP contribution in [0.4, 0.5) is 0 Å². The third kappa shape index (κ3) is 8.16. The molecule has 0 amide bonds. The second-order valence-corrected chi connectivity index (χ2v) is 9.69. The highest BCUT2D eigenvalue weighted by molar-refractivity contribution is 14.0. The summed E-state index contributed by atoms with van der Waals surface area (Å²) in [4.78, 5) is 4.64. The maximum Gasteiger partial charge on any atom is 0.243 e. The summed E-state index contributed by atoms with van der Waals surface area (Å²) in [5, 5.41) is 6.68. The molecule has 1 unspecified atom stereocenters. The van der Waals surface area contributed by atoms with Crippen molar-refractivity contribution >= 4 is 40.0 Å². The van der Waals surface area contributed by atoms with Crippen molar-refractivity contribution in [2.24, 2.45) is 10.9 Å². The van der Waals surface area contributed by atoms with Gasteiger partial charge in [-0.3, -0.25) is 4.99 Å². The third-order valence-corrected chi connectivity index (χ3v) is 7.50. The molecular formula is C21H35IN4O4S. The SMILES string of the molecule is CN=C(NCCCOC1CCOC1)NCC1CCN(S(=O)(=O)c2ccccc2)CC1.I. The van der Waals surface area contributed by atoms with E-state index in [-0.39, 0.29) is 30.1 Å². The Hall–Kier alpha value is -0.950. The zero-order valence-electron chi connectivity index (χ0n) is 18.2. The lowest BCUT2D eigenvalue weighted by molar-refractivity contribution is 0.0420. The van der Waals surface area contributed by atoms with Crippen molar-refractivity contribution in [2.75, 3.05) is 53.0 Å². The lowest BCUT2D eigenvalue weighted by Gasteiger charge is -2.31. The van der Waals surface area contributed by atoms with Gasteiger partial charge < -0.3 is 20.1 Å². The molecule has 2 fully saturated rings. The summed E-state index contributed by atoms with van der Waals surface area (Å²) >= 11 is 0. The maximum atomic E-state index is 12.7. The number of hydrogen-bond donors (Lipinski definition) is 2. The van der Waals surface area contributed by atoms with Gasteiger partial charge in [-0.25, -0.2) is 8.42 Å². The van der Waals surface area contributed by atoms with Gasteiger partial charge in [0.15, 0.2) is 5.96 Å². The normalized spacial score (nSPS) is 20.9. The van der Waals surface area contributed by atoms with Crippen molar-refractivity contribution in [1.29, 1.82) is 0 Å². The van der Waals surface area contributed by atoms with Gasteiger partial charge >= 0.3 is 0 Å². The number of ether oxygens (including phenoxy) is 2. The van der Waals surface area contributed by atoms with Crippen LogP contribution in [0.3, 0.4) is 0 Å². The second-order valence-electron chi connectivity index (χ2n) is 7.75. The van der Waals surface area contributed by atoms with Gasteiger partial charge in [-0.15, -0.1) is 24.0 Å². The molecular weight excluding hydrogens is 531 g/mol. The molecule has 0 aliphatic carbocycles. The Morgan fingerprint density at radius 3 is 2.58 bits per heavy atom. The van der Waals surface area contributed by atoms with Gasteiger partial charge in [0.25, 0.3) is 0 Å². The molecule has 0 spiro atoms. The Bertz CT molecular complexity index is 765. The van der Waals surface area contributed by atoms with Crippen LogP contribution in [0.15, 0.2) is 40.2 Å². The van der Waals surface area contributed by atoms with E-state index in [0.29, 0.717) is 37.1 Å². The number of halogens is 1. The first kappa shape index (κ1) is 26.3. The van der Waals surface area contributed by atoms with Crippen LogP contribution in [0.25, 0.3) is 0 Å². The number of nitrogens with one attached hydrogen (secondary N) is 2. The predicted molar refractivity (Wildman–Crippen MR) is 132 cm³/mol. The lowest BCUT2D eigenvalue weighted by Crippen LogP contribution is -2.44. The molecule has 2 heterocycles. The van der Waals surface area contributed by atoms with Crippen LogP contribution < -0.4 is 10.6 Å². The Morgan fingerprint density at radius 1 is 1.19 bits per heavy atom. The first-order valence-corrected chi connectivity index (χ1v) is 12.2. The molecule has 31 heavy (non-hydrogen) atoms. The second kappa shape index (κ2) is 13.6. The standard InChI is InChI=1S/C21H34N4O4S.HI/c1-22-21(23-11-5-14-29-19-10-15-28-17-19)24-16-18-8-12-25(13-9-18)30(26,27)20-6-3-2-4-7-20;/h2-4,6-7,18-19H,5,8-17H2,1H3,(H2,22,23,24);1H. The quantitative estimate of drug-likeness (QED) is 0.206. The molecule has 2 N–H and O–H groups in total. The summed E-state index contributed by atoms with van der Waals surface area (Å²) < 4.78 is 38.1. The van der Waals surface area contributed by atoms with Crippen molar-refractivity contribution in [1.82, 2.24) is 14.9 Å². The molecule has 8 nitrogen and oxygen atoms in total. The van der Waals surface area contributed by atoms with Crippen molar-refractivity contribution < 1.29 is 17.9 Å². The van der Waals surface area contributed by atoms with Crippen molar-refractivity contribution in [3.63, 3.8) is 0 Å². The van der Waals surface area contributed by atoms with E-state index in [1.165, 1.54) is 0 Å². The smallest absolute Gasteiger partial charge is 0.243 e. The van der Waals surface area contributed by atoms with E-state index in [2.05, 4.69) is 15.6 Å². The van der Waals surface area contributed by atoms with Gasteiger partial charge in [0, 0.05) is 46.4 Å². The summed E-state index contributed by atoms with van der Waals surface area (Å²) in [5.41, 5.74) is 0. The van der Waals surface area contributed by atoms with E-state index in [1.807, 2.05) is 6.07 Å². The molecule has 0 radical (unpaired) electrons. The summed E-state index contributed by atoms with van der Waals surface area (Å²) in [5.74, 6) is 1.20. The highest BCUT2D eigenvalue weighted by Gasteiger charge is 2.29. The lowest BCUT2D eigenvalue weighted by atomic mass is 9.98. The van der Waals surface area contributed by atoms with Crippen LogP contribution in [-0.4, -0.2) is 77.8 Å². The minimum absolute atomic E-state index is 0. The van der Waals surface area contributed by atoms with E-state index in [1.54, 1.807) is 35.6 Å². The molecule has 0 saturated carbocycles. The van der Waals surface area contributed by atoms with Crippen LogP contribution in [0.1, 0.15) is 25.7 Å². The molecule has 2 aliphatic heterocycles. The predicted octanol–water partition coefficient (Wildman–Crippen LogP) is 2.07. The number of rotatable bonds is 9. The molecule has 2 saturated heterocycles. The van der Waals surface area contributed by atoms with Crippen LogP contribution >= 0.6 is 24.0 Å². The molecule has 0 bridgehead atoms. The number of guanidine groups is 1. The Morgan fingerprint density at radius 2 is 1.94 bits per heavy atom. The molecule has 3 rings (SSSR count). The first-order chi connectivity index (χ1) is 14.6. The van der Waals surface area contributed by atoms with E-state index in [0.717, 1.165) is 51.3 Å². The van der Waals surface area contributed by atoms with E-state index in [9.17, 15) is 8.42 Å². The minimum Gasteiger partial charge on any atom is -0.379 e. The number of sulfonamides is 1. The molecule has 1 aromatic rings. The highest BCUT2D eigenvalue weighted by atomic mass is 127. The molecule has 2 aliphatic rings. The average molecular weight is 567 g/mol. The fourth-order valence-electron chi connectivity index (χ4n) is 3.73. The fraction of sp³-hybridized carbons (Fsp3) is 0.667. The Balaban J connectivity index is 0.00000341. The van der Waals surface area contributed by atoms with Crippen LogP contribution in [0, 0.1) is 5.92 Å². The summed E-state index contributed by atoms with van der Waals surface area (Å²) in [6, 6.07) is 8.67. The monoisotopic (exact) mass is 566 g/mol. The number of aliphatic imine (C=N–C) groups is 1. The van der Waals surface area contributed by atoms with E-state index < -0.39 is 10.0 Å². The zero-order valence-corrected chi connectivity index (χ0v) is 21.3. The van der Waals surface area contributed by atoms with Gasteiger partial charge in [0.2, 0.25) is 10.0 Å². The van der Waals surface area contributed by atoms with Gasteiger partial charge in [0.05, 0.1) is 17.6 Å². The minimum atomic E-state index is -3.39. The topological polar surface area (TPSA) is 92.3 Å². The van der Waals surface area contributed by atoms with Crippen molar-refractivity contribution in [2.45, 2.75) is 36.7 Å². The van der Waals surface area contributed by atoms with Gasteiger partial charge in [-0.1, -0.05) is 18.2 Å². The first-order valence-electron chi connectivity index (χ1n) is 10.8. The zero-order chi connectivity index (χ0) is 21.2. The highest BCUT2D eigenvalue weighted by Crippen LogP contribution is 2.23. The molecule has 10 heteroatoms. The van der Waals surface area contributed by atoms with Crippen LogP contribution in [-0.2, 0) is 19.5 Å². The number of benzene rings is 1. The average Bonchev–Trinajstić information content (AvgIpc) is 3.30. The third-order valence-electron chi connectivity index (χ3n) is 5.59. The van der Waals surface area contributed by atoms with Gasteiger partial charge in [0.1, 0.15) is 0 Å². The van der Waals surface area contributed by atoms with E-state index in [4.69, 9.17) is 9.47 Å². The molecule has 1 aromatic carbocycles. The molecule has 1 atom stereocenters. The summed E-state index contributed by atoms with van der Waals surface area (Å²) in [7, 11) is -1.63. The molecule has 176 valence electrons. The maximum absolute atomic E-state index is 12.7. The van der Waals surface area contributed by atoms with Crippen LogP contribution in [0.5, 0.6) is 0 Å². The van der Waals surface area contributed by atoms with Gasteiger partial charge in [-0.2, -0.15) is 4.31 Å². The van der Waals surface area contributed by atoms with Gasteiger partial charge in [-0.05, 0) is 43.7 Å². The largest absolute Gasteiger partial charge is 0.379 e. The number of piperidine rings is 1. The summed E-state index contributed by atoms with van der Waals surface area (Å²) in [6.07, 6.45) is 3.83. The Kier molecular flexibility index (Phi) is 11.5. The molecule has 0 aromatic heterocycles. The van der Waals surface area contributed by atoms with Crippen molar-refractivity contribution in [3.8, 4) is 0 Å².